The Morgan fingerprint density at radius 2 is 0.446 bits per heavy atom. The molecule has 0 aliphatic rings. The number of unbranched alkanes of at least 4 members (excludes halogenated alkanes) is 56. The molecule has 1 unspecified atom stereocenters. The lowest BCUT2D eigenvalue weighted by Gasteiger charge is -2.18. The molecule has 1 atom stereocenters. The van der Waals surface area contributed by atoms with Crippen molar-refractivity contribution in [2.45, 2.75) is 438 Å². The second-order valence-electron chi connectivity index (χ2n) is 25.9. The minimum Gasteiger partial charge on any atom is -0.462 e. The van der Waals surface area contributed by atoms with E-state index in [9.17, 15) is 14.4 Å². The standard InChI is InChI=1S/C77H146O6/c1-4-7-10-13-16-19-22-25-28-30-32-34-36-38-39-40-42-43-45-47-49-52-55-58-61-64-67-70-76(79)82-73-74(72-81-75(78)69-66-63-60-57-54-51-27-24-21-18-15-12-9-6-3)83-77(80)71-68-65-62-59-56-53-50-48-46-44-41-37-35-33-31-29-26-23-20-17-14-11-8-5-2/h15,18,24,27,74H,4-14,16-17,19-23,25-26,28-73H2,1-3H3/b18-15-,27-24-. The molecule has 6 heteroatoms. The van der Waals surface area contributed by atoms with E-state index >= 15 is 0 Å². The van der Waals surface area contributed by atoms with Crippen molar-refractivity contribution in [2.75, 3.05) is 13.2 Å². The summed E-state index contributed by atoms with van der Waals surface area (Å²) in [5.74, 6) is -0.848. The summed E-state index contributed by atoms with van der Waals surface area (Å²) in [6.07, 6.45) is 89.5. The van der Waals surface area contributed by atoms with Gasteiger partial charge in [0.15, 0.2) is 6.10 Å². The van der Waals surface area contributed by atoms with Gasteiger partial charge >= 0.3 is 17.9 Å². The Labute approximate surface area is 519 Å². The lowest BCUT2D eigenvalue weighted by atomic mass is 10.0. The Hall–Kier alpha value is -2.11. The zero-order chi connectivity index (χ0) is 59.9. The van der Waals surface area contributed by atoms with Crippen molar-refractivity contribution in [1.82, 2.24) is 0 Å². The number of carbonyl (C=O) groups excluding carboxylic acids is 3. The van der Waals surface area contributed by atoms with Gasteiger partial charge in [-0.1, -0.05) is 392 Å². The Morgan fingerprint density at radius 1 is 0.241 bits per heavy atom. The molecule has 0 aromatic carbocycles. The SMILES string of the molecule is CCCC/C=C\C/C=C\CCCCCCCC(=O)OCC(COC(=O)CCCCCCCCCCCCCCCCCCCCCCCCCCCCC)OC(=O)CCCCCCCCCCCCCCCCCCCCCCCCCC. The van der Waals surface area contributed by atoms with E-state index in [-0.39, 0.29) is 31.1 Å². The van der Waals surface area contributed by atoms with Gasteiger partial charge in [0.2, 0.25) is 0 Å². The Bertz CT molecular complexity index is 1340. The Balaban J connectivity index is 4.19. The molecule has 0 saturated carbocycles. The van der Waals surface area contributed by atoms with Crippen molar-refractivity contribution >= 4 is 17.9 Å². The van der Waals surface area contributed by atoms with E-state index in [1.165, 1.54) is 315 Å². The molecule has 0 aromatic rings. The molecule has 0 aliphatic carbocycles. The van der Waals surface area contributed by atoms with Crippen LogP contribution in [-0.4, -0.2) is 37.2 Å². The molecule has 490 valence electrons. The van der Waals surface area contributed by atoms with Crippen LogP contribution >= 0.6 is 0 Å². The summed E-state index contributed by atoms with van der Waals surface area (Å²) in [6, 6.07) is 0. The van der Waals surface area contributed by atoms with Gasteiger partial charge in [0.05, 0.1) is 0 Å². The minimum atomic E-state index is -0.775. The quantitative estimate of drug-likeness (QED) is 0.0261. The minimum absolute atomic E-state index is 0.0691. The highest BCUT2D eigenvalue weighted by Crippen LogP contribution is 2.20. The van der Waals surface area contributed by atoms with Crippen LogP contribution in [0.4, 0.5) is 0 Å². The summed E-state index contributed by atoms with van der Waals surface area (Å²) >= 11 is 0. The van der Waals surface area contributed by atoms with Crippen molar-refractivity contribution in [3.05, 3.63) is 24.3 Å². The van der Waals surface area contributed by atoms with Gasteiger partial charge in [0.1, 0.15) is 13.2 Å². The molecule has 0 aromatic heterocycles. The second-order valence-corrected chi connectivity index (χ2v) is 25.9. The van der Waals surface area contributed by atoms with Crippen LogP contribution in [0.1, 0.15) is 432 Å². The molecule has 0 N–H and O–H groups in total. The third-order valence-electron chi connectivity index (χ3n) is 17.5. The van der Waals surface area contributed by atoms with Gasteiger partial charge < -0.3 is 14.2 Å². The maximum absolute atomic E-state index is 13.0. The van der Waals surface area contributed by atoms with Gasteiger partial charge in [0.25, 0.3) is 0 Å². The molecular weight excluding hydrogens is 1020 g/mol. The van der Waals surface area contributed by atoms with Gasteiger partial charge in [-0.3, -0.25) is 14.4 Å². The molecule has 0 radical (unpaired) electrons. The van der Waals surface area contributed by atoms with Crippen molar-refractivity contribution in [3.63, 3.8) is 0 Å². The van der Waals surface area contributed by atoms with Crippen LogP contribution in [0.5, 0.6) is 0 Å². The first-order chi connectivity index (χ1) is 41.0. The fourth-order valence-corrected chi connectivity index (χ4v) is 11.8. The zero-order valence-corrected chi connectivity index (χ0v) is 56.5. The van der Waals surface area contributed by atoms with Crippen molar-refractivity contribution < 1.29 is 28.6 Å². The molecule has 6 nitrogen and oxygen atoms in total. The van der Waals surface area contributed by atoms with E-state index in [0.29, 0.717) is 19.3 Å². The highest BCUT2D eigenvalue weighted by molar-refractivity contribution is 5.71. The van der Waals surface area contributed by atoms with Gasteiger partial charge in [0, 0.05) is 19.3 Å². The monoisotopic (exact) mass is 1170 g/mol. The van der Waals surface area contributed by atoms with Gasteiger partial charge in [-0.2, -0.15) is 0 Å². The maximum atomic E-state index is 13.0. The highest BCUT2D eigenvalue weighted by Gasteiger charge is 2.20. The van der Waals surface area contributed by atoms with E-state index in [1.807, 2.05) is 0 Å². The van der Waals surface area contributed by atoms with Crippen LogP contribution in [0.25, 0.3) is 0 Å². The molecule has 0 saturated heterocycles. The van der Waals surface area contributed by atoms with Crippen LogP contribution in [0.2, 0.25) is 0 Å². The maximum Gasteiger partial charge on any atom is 0.306 e. The summed E-state index contributed by atoms with van der Waals surface area (Å²) in [5, 5.41) is 0. The summed E-state index contributed by atoms with van der Waals surface area (Å²) in [5.41, 5.74) is 0. The average Bonchev–Trinajstić information content (AvgIpc) is 3.49. The first-order valence-electron chi connectivity index (χ1n) is 37.8. The summed E-state index contributed by atoms with van der Waals surface area (Å²) < 4.78 is 17.0. The van der Waals surface area contributed by atoms with Gasteiger partial charge in [-0.05, 0) is 44.9 Å². The van der Waals surface area contributed by atoms with E-state index < -0.39 is 6.10 Å². The normalized spacial score (nSPS) is 12.1. The van der Waals surface area contributed by atoms with E-state index in [0.717, 1.165) is 77.0 Å². The van der Waals surface area contributed by atoms with Crippen LogP contribution < -0.4 is 0 Å². The van der Waals surface area contributed by atoms with E-state index in [4.69, 9.17) is 14.2 Å². The molecular formula is C77H146O6. The van der Waals surface area contributed by atoms with Crippen LogP contribution in [-0.2, 0) is 28.6 Å². The summed E-state index contributed by atoms with van der Waals surface area (Å²) in [4.78, 5) is 38.5. The number of ether oxygens (including phenoxy) is 3. The number of hydrogen-bond acceptors (Lipinski definition) is 6. The van der Waals surface area contributed by atoms with Gasteiger partial charge in [-0.25, -0.2) is 0 Å². The van der Waals surface area contributed by atoms with E-state index in [1.54, 1.807) is 0 Å². The predicted molar refractivity (Wildman–Crippen MR) is 363 cm³/mol. The first kappa shape index (κ1) is 80.9. The fraction of sp³-hybridized carbons (Fsp3) is 0.909. The number of allylic oxidation sites excluding steroid dienone is 4. The number of hydrogen-bond donors (Lipinski definition) is 0. The first-order valence-corrected chi connectivity index (χ1v) is 37.8. The van der Waals surface area contributed by atoms with Gasteiger partial charge in [-0.15, -0.1) is 0 Å². The van der Waals surface area contributed by atoms with Crippen molar-refractivity contribution in [3.8, 4) is 0 Å². The van der Waals surface area contributed by atoms with Crippen LogP contribution in [0.15, 0.2) is 24.3 Å². The number of rotatable bonds is 71. The molecule has 0 heterocycles. The third kappa shape index (κ3) is 70.5. The average molecular weight is 1170 g/mol. The molecule has 0 fully saturated rings. The molecule has 0 bridgehead atoms. The van der Waals surface area contributed by atoms with Crippen LogP contribution in [0.3, 0.4) is 0 Å². The number of esters is 3. The lowest BCUT2D eigenvalue weighted by Crippen LogP contribution is -2.30. The summed E-state index contributed by atoms with van der Waals surface area (Å²) in [7, 11) is 0. The molecule has 0 rings (SSSR count). The molecule has 0 amide bonds. The lowest BCUT2D eigenvalue weighted by molar-refractivity contribution is -0.167. The fourth-order valence-electron chi connectivity index (χ4n) is 11.8. The number of carbonyl (C=O) groups is 3. The molecule has 0 aliphatic heterocycles. The second kappa shape index (κ2) is 72.4. The highest BCUT2D eigenvalue weighted by atomic mass is 16.6. The summed E-state index contributed by atoms with van der Waals surface area (Å²) in [6.45, 7) is 6.68. The Kier molecular flexibility index (Phi) is 70.5. The third-order valence-corrected chi connectivity index (χ3v) is 17.5. The van der Waals surface area contributed by atoms with Crippen molar-refractivity contribution in [1.29, 1.82) is 0 Å². The smallest absolute Gasteiger partial charge is 0.306 e. The topological polar surface area (TPSA) is 78.9 Å². The molecule has 0 spiro atoms. The predicted octanol–water partition coefficient (Wildman–Crippen LogP) is 26.1. The largest absolute Gasteiger partial charge is 0.462 e. The zero-order valence-electron chi connectivity index (χ0n) is 56.5. The Morgan fingerprint density at radius 3 is 0.699 bits per heavy atom. The molecule has 83 heavy (non-hydrogen) atoms. The van der Waals surface area contributed by atoms with Crippen LogP contribution in [0, 0.1) is 0 Å². The van der Waals surface area contributed by atoms with E-state index in [2.05, 4.69) is 45.1 Å². The van der Waals surface area contributed by atoms with Crippen molar-refractivity contribution in [2.24, 2.45) is 0 Å².